The second-order valence-corrected chi connectivity index (χ2v) is 8.46. The third kappa shape index (κ3) is 7.62. The molecule has 5 heteroatoms. The van der Waals surface area contributed by atoms with Crippen molar-refractivity contribution in [2.75, 3.05) is 19.7 Å². The minimum atomic E-state index is -0.572. The van der Waals surface area contributed by atoms with Gasteiger partial charge in [-0.05, 0) is 29.7 Å². The molecule has 3 rings (SSSR count). The zero-order valence-electron chi connectivity index (χ0n) is 18.5. The highest BCUT2D eigenvalue weighted by Crippen LogP contribution is 2.14. The molecule has 0 aliphatic rings. The molecule has 0 spiro atoms. The molecule has 4 nitrogen and oxygen atoms in total. The van der Waals surface area contributed by atoms with E-state index < -0.39 is 6.10 Å². The number of ether oxygens (including phenoxy) is 1. The van der Waals surface area contributed by atoms with Crippen molar-refractivity contribution in [2.45, 2.75) is 39.6 Å². The lowest BCUT2D eigenvalue weighted by Gasteiger charge is -2.27. The van der Waals surface area contributed by atoms with Gasteiger partial charge in [0.25, 0.3) is 0 Å². The molecule has 0 saturated heterocycles. The predicted molar refractivity (Wildman–Crippen MR) is 122 cm³/mol. The molecule has 0 unspecified atom stereocenters. The second-order valence-electron chi connectivity index (χ2n) is 8.46. The van der Waals surface area contributed by atoms with Crippen molar-refractivity contribution in [3.63, 3.8) is 0 Å². The van der Waals surface area contributed by atoms with Crippen LogP contribution in [0.25, 0.3) is 0 Å². The Morgan fingerprint density at radius 2 is 1.71 bits per heavy atom. The van der Waals surface area contributed by atoms with Crippen LogP contribution >= 0.6 is 0 Å². The standard InChI is InChI=1S/C26H33FN2O2/c1-21(2)15-28(18-25(30)20-31-19-22-9-4-3-5-10-22)17-24-12-8-14-29(24)16-23-11-6-7-13-26(23)27/h3-14,21,25,30H,15-20H2,1-2H3/t25-/m0/s1. The molecule has 31 heavy (non-hydrogen) atoms. The molecule has 1 aromatic heterocycles. The largest absolute Gasteiger partial charge is 0.389 e. The number of benzene rings is 2. The van der Waals surface area contributed by atoms with Crippen molar-refractivity contribution >= 4 is 0 Å². The first-order chi connectivity index (χ1) is 15.0. The van der Waals surface area contributed by atoms with Crippen molar-refractivity contribution in [3.8, 4) is 0 Å². The summed E-state index contributed by atoms with van der Waals surface area (Å²) in [5.74, 6) is 0.277. The lowest BCUT2D eigenvalue weighted by atomic mass is 10.2. The van der Waals surface area contributed by atoms with E-state index in [4.69, 9.17) is 4.74 Å². The van der Waals surface area contributed by atoms with Gasteiger partial charge >= 0.3 is 0 Å². The lowest BCUT2D eigenvalue weighted by Crippen LogP contribution is -2.37. The topological polar surface area (TPSA) is 37.6 Å². The van der Waals surface area contributed by atoms with Gasteiger partial charge in [-0.2, -0.15) is 0 Å². The van der Waals surface area contributed by atoms with Gasteiger partial charge in [0.05, 0.1) is 25.9 Å². The van der Waals surface area contributed by atoms with Gasteiger partial charge in [0, 0.05) is 37.1 Å². The average molecular weight is 425 g/mol. The maximum absolute atomic E-state index is 14.1. The summed E-state index contributed by atoms with van der Waals surface area (Å²) in [6.45, 7) is 7.70. The van der Waals surface area contributed by atoms with E-state index in [0.717, 1.165) is 17.8 Å². The summed E-state index contributed by atoms with van der Waals surface area (Å²) in [7, 11) is 0. The van der Waals surface area contributed by atoms with Crippen molar-refractivity contribution in [3.05, 3.63) is 95.6 Å². The van der Waals surface area contributed by atoms with Crippen molar-refractivity contribution in [1.29, 1.82) is 0 Å². The van der Waals surface area contributed by atoms with E-state index >= 15 is 0 Å². The first-order valence-electron chi connectivity index (χ1n) is 10.9. The molecule has 0 bridgehead atoms. The van der Waals surface area contributed by atoms with E-state index in [1.165, 1.54) is 6.07 Å². The Hall–Kier alpha value is -2.47. The summed E-state index contributed by atoms with van der Waals surface area (Å²) in [4.78, 5) is 2.24. The Kier molecular flexibility index (Phi) is 8.83. The fourth-order valence-corrected chi connectivity index (χ4v) is 3.74. The number of aliphatic hydroxyl groups is 1. The minimum absolute atomic E-state index is 0.188. The third-order valence-corrected chi connectivity index (χ3v) is 5.12. The monoisotopic (exact) mass is 424 g/mol. The van der Waals surface area contributed by atoms with Crippen LogP contribution in [0.4, 0.5) is 4.39 Å². The van der Waals surface area contributed by atoms with Gasteiger partial charge in [-0.25, -0.2) is 4.39 Å². The maximum Gasteiger partial charge on any atom is 0.128 e. The number of aromatic nitrogens is 1. The molecule has 166 valence electrons. The highest BCUT2D eigenvalue weighted by molar-refractivity contribution is 5.19. The Morgan fingerprint density at radius 3 is 2.45 bits per heavy atom. The highest BCUT2D eigenvalue weighted by Gasteiger charge is 2.16. The fraction of sp³-hybridized carbons (Fsp3) is 0.385. The van der Waals surface area contributed by atoms with Crippen LogP contribution in [-0.2, 0) is 24.4 Å². The molecule has 0 aliphatic carbocycles. The molecule has 0 amide bonds. The fourth-order valence-electron chi connectivity index (χ4n) is 3.74. The Morgan fingerprint density at radius 1 is 0.968 bits per heavy atom. The summed E-state index contributed by atoms with van der Waals surface area (Å²) in [5, 5.41) is 10.6. The van der Waals surface area contributed by atoms with Crippen molar-refractivity contribution < 1.29 is 14.2 Å². The number of halogens is 1. The second kappa shape index (κ2) is 11.8. The number of hydrogen-bond acceptors (Lipinski definition) is 3. The van der Waals surface area contributed by atoms with Crippen LogP contribution in [0, 0.1) is 11.7 Å². The number of aliphatic hydroxyl groups excluding tert-OH is 1. The van der Waals surface area contributed by atoms with Gasteiger partial charge in [0.15, 0.2) is 0 Å². The smallest absolute Gasteiger partial charge is 0.128 e. The zero-order chi connectivity index (χ0) is 22.1. The molecular weight excluding hydrogens is 391 g/mol. The number of hydrogen-bond donors (Lipinski definition) is 1. The van der Waals surface area contributed by atoms with E-state index in [-0.39, 0.29) is 5.82 Å². The summed E-state index contributed by atoms with van der Waals surface area (Å²) in [6, 6.07) is 20.9. The molecular formula is C26H33FN2O2. The van der Waals surface area contributed by atoms with Gasteiger partial charge in [-0.3, -0.25) is 4.90 Å². The molecule has 1 heterocycles. The van der Waals surface area contributed by atoms with Gasteiger partial charge < -0.3 is 14.4 Å². The molecule has 1 atom stereocenters. The van der Waals surface area contributed by atoms with Gasteiger partial charge in [0.1, 0.15) is 5.82 Å². The predicted octanol–water partition coefficient (Wildman–Crippen LogP) is 4.71. The molecule has 3 aromatic rings. The normalized spacial score (nSPS) is 12.6. The van der Waals surface area contributed by atoms with E-state index in [0.29, 0.717) is 44.3 Å². The first-order valence-corrected chi connectivity index (χ1v) is 10.9. The highest BCUT2D eigenvalue weighted by atomic mass is 19.1. The number of nitrogens with zero attached hydrogens (tertiary/aromatic N) is 2. The lowest BCUT2D eigenvalue weighted by molar-refractivity contribution is 0.00644. The molecule has 1 N–H and O–H groups in total. The first kappa shape index (κ1) is 23.2. The molecule has 2 aromatic carbocycles. The van der Waals surface area contributed by atoms with Crippen LogP contribution in [0.1, 0.15) is 30.7 Å². The van der Waals surface area contributed by atoms with Crippen molar-refractivity contribution in [1.82, 2.24) is 9.47 Å². The molecule has 0 saturated carbocycles. The SMILES string of the molecule is CC(C)CN(Cc1cccn1Cc1ccccc1F)C[C@H](O)COCc1ccccc1. The van der Waals surface area contributed by atoms with Gasteiger partial charge in [-0.15, -0.1) is 0 Å². The maximum atomic E-state index is 14.1. The Balaban J connectivity index is 1.57. The van der Waals surface area contributed by atoms with Crippen LogP contribution in [0.2, 0.25) is 0 Å². The minimum Gasteiger partial charge on any atom is -0.389 e. The van der Waals surface area contributed by atoms with E-state index in [9.17, 15) is 9.50 Å². The molecule has 0 fully saturated rings. The summed E-state index contributed by atoms with van der Waals surface area (Å²) < 4.78 is 21.9. The number of rotatable bonds is 12. The average Bonchev–Trinajstić information content (AvgIpc) is 3.16. The third-order valence-electron chi connectivity index (χ3n) is 5.12. The van der Waals surface area contributed by atoms with E-state index in [1.807, 2.05) is 54.7 Å². The summed E-state index contributed by atoms with van der Waals surface area (Å²) >= 11 is 0. The molecule has 0 aliphatic heterocycles. The summed E-state index contributed by atoms with van der Waals surface area (Å²) in [5.41, 5.74) is 2.87. The Labute approximate surface area is 184 Å². The van der Waals surface area contributed by atoms with Crippen molar-refractivity contribution in [2.24, 2.45) is 5.92 Å². The van der Waals surface area contributed by atoms with Gasteiger partial charge in [-0.1, -0.05) is 62.4 Å². The van der Waals surface area contributed by atoms with Crippen LogP contribution in [-0.4, -0.2) is 40.4 Å². The Bertz CT molecular complexity index is 911. The van der Waals surface area contributed by atoms with E-state index in [2.05, 4.69) is 29.4 Å². The van der Waals surface area contributed by atoms with E-state index in [1.54, 1.807) is 6.07 Å². The van der Waals surface area contributed by atoms with Crippen LogP contribution in [0.15, 0.2) is 72.9 Å². The summed E-state index contributed by atoms with van der Waals surface area (Å²) in [6.07, 6.45) is 1.41. The quantitative estimate of drug-likeness (QED) is 0.458. The van der Waals surface area contributed by atoms with Crippen LogP contribution in [0.5, 0.6) is 0 Å². The van der Waals surface area contributed by atoms with Crippen LogP contribution in [0.3, 0.4) is 0 Å². The van der Waals surface area contributed by atoms with Gasteiger partial charge in [0.2, 0.25) is 0 Å². The zero-order valence-corrected chi connectivity index (χ0v) is 18.5. The molecule has 0 radical (unpaired) electrons. The van der Waals surface area contributed by atoms with Crippen LogP contribution < -0.4 is 0 Å².